The Hall–Kier alpha value is -2.27. The molecule has 0 unspecified atom stereocenters. The summed E-state index contributed by atoms with van der Waals surface area (Å²) in [7, 11) is 0. The first-order valence-corrected chi connectivity index (χ1v) is 8.80. The Morgan fingerprint density at radius 2 is 1.84 bits per heavy atom. The van der Waals surface area contributed by atoms with Crippen LogP contribution in [0.4, 0.5) is 4.39 Å². The van der Waals surface area contributed by atoms with E-state index in [1.54, 1.807) is 6.07 Å². The van der Waals surface area contributed by atoms with Gasteiger partial charge in [-0.25, -0.2) is 4.39 Å². The molecule has 1 amide bonds. The summed E-state index contributed by atoms with van der Waals surface area (Å²) >= 11 is 0. The minimum atomic E-state index is -0.250. The lowest BCUT2D eigenvalue weighted by Crippen LogP contribution is -2.36. The molecule has 2 saturated heterocycles. The lowest BCUT2D eigenvalue weighted by atomic mass is 9.85. The summed E-state index contributed by atoms with van der Waals surface area (Å²) in [6.45, 7) is 3.89. The number of carbonyl (C=O) groups is 1. The van der Waals surface area contributed by atoms with E-state index in [0.717, 1.165) is 44.6 Å². The Balaban J connectivity index is 1.41. The molecular weight excluding hydrogens is 317 g/mol. The minimum absolute atomic E-state index is 0.231. The Morgan fingerprint density at radius 3 is 2.64 bits per heavy atom. The van der Waals surface area contributed by atoms with Crippen molar-refractivity contribution in [2.24, 2.45) is 5.41 Å². The van der Waals surface area contributed by atoms with Gasteiger partial charge in [-0.2, -0.15) is 0 Å². The van der Waals surface area contributed by atoms with Crippen molar-refractivity contribution in [3.05, 3.63) is 65.7 Å². The van der Waals surface area contributed by atoms with Crippen molar-refractivity contribution in [3.8, 4) is 0 Å². The number of likely N-dealkylation sites (tertiary alicyclic amines) is 2. The molecule has 130 valence electrons. The van der Waals surface area contributed by atoms with E-state index < -0.39 is 0 Å². The molecule has 1 aromatic heterocycles. The van der Waals surface area contributed by atoms with Crippen molar-refractivity contribution in [3.63, 3.8) is 0 Å². The molecule has 4 nitrogen and oxygen atoms in total. The molecule has 0 saturated carbocycles. The number of rotatable bonds is 4. The van der Waals surface area contributed by atoms with Crippen LogP contribution in [0.25, 0.3) is 0 Å². The van der Waals surface area contributed by atoms with Crippen LogP contribution in [0.5, 0.6) is 0 Å². The molecule has 1 spiro atoms. The standard InChI is InChI=1S/C20H22FN3O/c21-18-3-1-2-17(12-18)14-24-11-7-20(19(24)25)6-10-23(15-20)13-16-4-8-22-9-5-16/h1-5,8-9,12H,6-7,10-11,13-15H2/t20-/m1/s1. The van der Waals surface area contributed by atoms with Crippen LogP contribution >= 0.6 is 0 Å². The number of hydrogen-bond donors (Lipinski definition) is 0. The van der Waals surface area contributed by atoms with Crippen LogP contribution in [-0.4, -0.2) is 40.3 Å². The predicted molar refractivity (Wildman–Crippen MR) is 93.0 cm³/mol. The first kappa shape index (κ1) is 16.2. The van der Waals surface area contributed by atoms with Crippen molar-refractivity contribution < 1.29 is 9.18 Å². The smallest absolute Gasteiger partial charge is 0.230 e. The number of benzene rings is 1. The number of hydrogen-bond acceptors (Lipinski definition) is 3. The molecule has 3 heterocycles. The highest BCUT2D eigenvalue weighted by Crippen LogP contribution is 2.41. The maximum absolute atomic E-state index is 13.4. The fourth-order valence-electron chi connectivity index (χ4n) is 4.12. The third-order valence-corrected chi connectivity index (χ3v) is 5.45. The van der Waals surface area contributed by atoms with Gasteiger partial charge in [-0.05, 0) is 54.8 Å². The second-order valence-electron chi connectivity index (χ2n) is 7.20. The van der Waals surface area contributed by atoms with E-state index in [1.165, 1.54) is 17.7 Å². The first-order chi connectivity index (χ1) is 12.1. The molecule has 2 aliphatic rings. The molecule has 0 radical (unpaired) electrons. The summed E-state index contributed by atoms with van der Waals surface area (Å²) in [5, 5.41) is 0. The SMILES string of the molecule is O=C1N(Cc2cccc(F)c2)CC[C@@]12CCN(Cc1ccncc1)C2. The normalized spacial score (nSPS) is 23.7. The molecule has 0 bridgehead atoms. The molecule has 0 N–H and O–H groups in total. The van der Waals surface area contributed by atoms with E-state index in [9.17, 15) is 9.18 Å². The van der Waals surface area contributed by atoms with Crippen molar-refractivity contribution in [1.29, 1.82) is 0 Å². The summed E-state index contributed by atoms with van der Waals surface area (Å²) in [6, 6.07) is 10.6. The topological polar surface area (TPSA) is 36.4 Å². The second kappa shape index (κ2) is 6.56. The Labute approximate surface area is 147 Å². The number of nitrogens with zero attached hydrogens (tertiary/aromatic N) is 3. The molecule has 1 atom stereocenters. The third kappa shape index (κ3) is 3.29. The van der Waals surface area contributed by atoms with E-state index in [2.05, 4.69) is 9.88 Å². The van der Waals surface area contributed by atoms with Crippen LogP contribution < -0.4 is 0 Å². The molecule has 2 fully saturated rings. The molecule has 5 heteroatoms. The Kier molecular flexibility index (Phi) is 4.25. The van der Waals surface area contributed by atoms with Gasteiger partial charge in [0.15, 0.2) is 0 Å². The van der Waals surface area contributed by atoms with Crippen molar-refractivity contribution in [2.75, 3.05) is 19.6 Å². The Morgan fingerprint density at radius 1 is 1.04 bits per heavy atom. The van der Waals surface area contributed by atoms with Gasteiger partial charge in [-0.3, -0.25) is 14.7 Å². The van der Waals surface area contributed by atoms with E-state index in [4.69, 9.17) is 0 Å². The number of aromatic nitrogens is 1. The zero-order valence-corrected chi connectivity index (χ0v) is 14.2. The average molecular weight is 339 g/mol. The van der Waals surface area contributed by atoms with Gasteiger partial charge < -0.3 is 4.90 Å². The van der Waals surface area contributed by atoms with Gasteiger partial charge in [0.2, 0.25) is 5.91 Å². The fourth-order valence-corrected chi connectivity index (χ4v) is 4.12. The molecule has 25 heavy (non-hydrogen) atoms. The van der Waals surface area contributed by atoms with Crippen LogP contribution in [0.3, 0.4) is 0 Å². The molecule has 1 aromatic carbocycles. The van der Waals surface area contributed by atoms with Crippen molar-refractivity contribution in [2.45, 2.75) is 25.9 Å². The quantitative estimate of drug-likeness (QED) is 0.859. The van der Waals surface area contributed by atoms with Crippen molar-refractivity contribution in [1.82, 2.24) is 14.8 Å². The maximum Gasteiger partial charge on any atom is 0.230 e. The zero-order chi connectivity index (χ0) is 17.3. The Bertz CT molecular complexity index is 767. The summed E-state index contributed by atoms with van der Waals surface area (Å²) in [5.41, 5.74) is 1.84. The third-order valence-electron chi connectivity index (χ3n) is 5.45. The zero-order valence-electron chi connectivity index (χ0n) is 14.2. The van der Waals surface area contributed by atoms with Crippen molar-refractivity contribution >= 4 is 5.91 Å². The van der Waals surface area contributed by atoms with Gasteiger partial charge >= 0.3 is 0 Å². The average Bonchev–Trinajstić information content (AvgIpc) is 3.15. The second-order valence-corrected chi connectivity index (χ2v) is 7.20. The largest absolute Gasteiger partial charge is 0.338 e. The number of pyridine rings is 1. The van der Waals surface area contributed by atoms with Gasteiger partial charge in [0, 0.05) is 38.6 Å². The fraction of sp³-hybridized carbons (Fsp3) is 0.400. The van der Waals surface area contributed by atoms with Crippen LogP contribution in [-0.2, 0) is 17.9 Å². The van der Waals surface area contributed by atoms with E-state index in [-0.39, 0.29) is 17.1 Å². The van der Waals surface area contributed by atoms with Crippen LogP contribution in [0.1, 0.15) is 24.0 Å². The highest BCUT2D eigenvalue weighted by molar-refractivity contribution is 5.85. The number of amides is 1. The maximum atomic E-state index is 13.4. The van der Waals surface area contributed by atoms with Crippen LogP contribution in [0, 0.1) is 11.2 Å². The number of carbonyl (C=O) groups excluding carboxylic acids is 1. The van der Waals surface area contributed by atoms with Crippen LogP contribution in [0.15, 0.2) is 48.8 Å². The van der Waals surface area contributed by atoms with Gasteiger partial charge in [0.25, 0.3) is 0 Å². The van der Waals surface area contributed by atoms with E-state index in [1.807, 2.05) is 35.5 Å². The highest BCUT2D eigenvalue weighted by Gasteiger charge is 2.50. The summed E-state index contributed by atoms with van der Waals surface area (Å²) < 4.78 is 13.4. The highest BCUT2D eigenvalue weighted by atomic mass is 19.1. The van der Waals surface area contributed by atoms with E-state index >= 15 is 0 Å². The molecule has 4 rings (SSSR count). The summed E-state index contributed by atoms with van der Waals surface area (Å²) in [4.78, 5) is 21.3. The van der Waals surface area contributed by atoms with Crippen LogP contribution in [0.2, 0.25) is 0 Å². The molecule has 2 aliphatic heterocycles. The molecular formula is C20H22FN3O. The summed E-state index contributed by atoms with van der Waals surface area (Å²) in [6.07, 6.45) is 5.43. The monoisotopic (exact) mass is 339 g/mol. The summed E-state index contributed by atoms with van der Waals surface area (Å²) in [5.74, 6) is -0.0164. The first-order valence-electron chi connectivity index (χ1n) is 8.80. The molecule has 2 aromatic rings. The van der Waals surface area contributed by atoms with Gasteiger partial charge in [0.05, 0.1) is 5.41 Å². The van der Waals surface area contributed by atoms with Gasteiger partial charge in [0.1, 0.15) is 5.82 Å². The lowest BCUT2D eigenvalue weighted by molar-refractivity contribution is -0.136. The predicted octanol–water partition coefficient (Wildman–Crippen LogP) is 2.85. The molecule has 0 aliphatic carbocycles. The number of halogens is 1. The minimum Gasteiger partial charge on any atom is -0.338 e. The van der Waals surface area contributed by atoms with E-state index in [0.29, 0.717) is 6.54 Å². The lowest BCUT2D eigenvalue weighted by Gasteiger charge is -2.24. The van der Waals surface area contributed by atoms with Gasteiger partial charge in [-0.15, -0.1) is 0 Å². The van der Waals surface area contributed by atoms with Gasteiger partial charge in [-0.1, -0.05) is 12.1 Å².